The Bertz CT molecular complexity index is 949. The number of nitrogens with one attached hydrogen (secondary N) is 1. The van der Waals surface area contributed by atoms with E-state index >= 15 is 0 Å². The molecule has 6 nitrogen and oxygen atoms in total. The maximum atomic E-state index is 12.9. The van der Waals surface area contributed by atoms with Gasteiger partial charge in [-0.15, -0.1) is 0 Å². The molecule has 2 aromatic rings. The van der Waals surface area contributed by atoms with Crippen molar-refractivity contribution < 1.29 is 14.3 Å². The van der Waals surface area contributed by atoms with E-state index in [0.29, 0.717) is 12.5 Å². The van der Waals surface area contributed by atoms with Crippen LogP contribution in [0.5, 0.6) is 5.75 Å². The Morgan fingerprint density at radius 1 is 1.06 bits per heavy atom. The van der Waals surface area contributed by atoms with E-state index in [0.717, 1.165) is 37.4 Å². The molecule has 2 aromatic carbocycles. The van der Waals surface area contributed by atoms with E-state index in [-0.39, 0.29) is 30.2 Å². The zero-order valence-electron chi connectivity index (χ0n) is 19.2. The fourth-order valence-electron chi connectivity index (χ4n) is 4.58. The normalized spacial score (nSPS) is 19.5. The van der Waals surface area contributed by atoms with Crippen LogP contribution < -0.4 is 19.9 Å². The van der Waals surface area contributed by atoms with Crippen LogP contribution in [0, 0.1) is 5.92 Å². The average molecular weight is 436 g/mol. The second-order valence-electron chi connectivity index (χ2n) is 9.12. The first-order chi connectivity index (χ1) is 15.4. The number of nitrogens with zero attached hydrogens (tertiary/aromatic N) is 2. The average Bonchev–Trinajstić information content (AvgIpc) is 3.21. The summed E-state index contributed by atoms with van der Waals surface area (Å²) >= 11 is 0. The summed E-state index contributed by atoms with van der Waals surface area (Å²) in [4.78, 5) is 29.7. The minimum Gasteiger partial charge on any atom is -0.497 e. The molecule has 2 heterocycles. The first kappa shape index (κ1) is 22.2. The summed E-state index contributed by atoms with van der Waals surface area (Å²) in [5.74, 6) is 0.997. The van der Waals surface area contributed by atoms with Gasteiger partial charge in [0.2, 0.25) is 11.8 Å². The van der Waals surface area contributed by atoms with E-state index in [9.17, 15) is 9.59 Å². The molecule has 0 spiro atoms. The van der Waals surface area contributed by atoms with E-state index in [2.05, 4.69) is 48.3 Å². The van der Waals surface area contributed by atoms with E-state index < -0.39 is 0 Å². The van der Waals surface area contributed by atoms with Gasteiger partial charge in [-0.1, -0.05) is 26.0 Å². The number of piperidine rings is 1. The summed E-state index contributed by atoms with van der Waals surface area (Å²) < 4.78 is 5.23. The zero-order chi connectivity index (χ0) is 22.7. The molecule has 0 bridgehead atoms. The summed E-state index contributed by atoms with van der Waals surface area (Å²) in [7, 11) is 1.67. The predicted octanol–water partition coefficient (Wildman–Crippen LogP) is 3.96. The molecule has 0 aliphatic carbocycles. The van der Waals surface area contributed by atoms with Gasteiger partial charge in [0.25, 0.3) is 0 Å². The minimum absolute atomic E-state index is 0.00348. The number of ether oxygens (including phenoxy) is 1. The highest BCUT2D eigenvalue weighted by Crippen LogP contribution is 2.28. The second kappa shape index (κ2) is 9.63. The standard InChI is InChI=1S/C26H33N3O3/c1-18(2)19-5-4-6-23(15-19)29-17-20(16-25(29)30)26(31)27-21-11-13-28(14-12-21)22-7-9-24(32-3)10-8-22/h4-10,15,18,20-21H,11-14,16-17H2,1-3H3,(H,27,31). The number of rotatable bonds is 6. The van der Waals surface area contributed by atoms with Crippen molar-refractivity contribution in [3.05, 3.63) is 54.1 Å². The van der Waals surface area contributed by atoms with E-state index in [1.54, 1.807) is 12.0 Å². The van der Waals surface area contributed by atoms with Crippen LogP contribution in [0.1, 0.15) is 44.6 Å². The lowest BCUT2D eigenvalue weighted by molar-refractivity contribution is -0.127. The molecule has 1 N–H and O–H groups in total. The summed E-state index contributed by atoms with van der Waals surface area (Å²) in [5, 5.41) is 3.21. The van der Waals surface area contributed by atoms with Crippen molar-refractivity contribution in [2.24, 2.45) is 5.92 Å². The number of hydrogen-bond donors (Lipinski definition) is 1. The molecule has 2 aliphatic rings. The Balaban J connectivity index is 1.30. The molecule has 32 heavy (non-hydrogen) atoms. The summed E-state index contributed by atoms with van der Waals surface area (Å²) in [6, 6.07) is 16.3. The Hall–Kier alpha value is -3.02. The van der Waals surface area contributed by atoms with Gasteiger partial charge in [0.1, 0.15) is 5.75 Å². The van der Waals surface area contributed by atoms with Crippen LogP contribution in [-0.2, 0) is 9.59 Å². The number of benzene rings is 2. The van der Waals surface area contributed by atoms with Crippen molar-refractivity contribution in [3.63, 3.8) is 0 Å². The van der Waals surface area contributed by atoms with Gasteiger partial charge in [0.15, 0.2) is 0 Å². The van der Waals surface area contributed by atoms with Crippen LogP contribution in [0.15, 0.2) is 48.5 Å². The summed E-state index contributed by atoms with van der Waals surface area (Å²) in [5.41, 5.74) is 3.27. The molecule has 2 aliphatic heterocycles. The third-order valence-corrected chi connectivity index (χ3v) is 6.62. The molecule has 4 rings (SSSR count). The van der Waals surface area contributed by atoms with E-state index in [1.165, 1.54) is 11.3 Å². The largest absolute Gasteiger partial charge is 0.497 e. The minimum atomic E-state index is -0.287. The quantitative estimate of drug-likeness (QED) is 0.746. The third kappa shape index (κ3) is 4.90. The first-order valence-corrected chi connectivity index (χ1v) is 11.5. The third-order valence-electron chi connectivity index (χ3n) is 6.62. The maximum absolute atomic E-state index is 12.9. The van der Waals surface area contributed by atoms with Crippen molar-refractivity contribution in [2.75, 3.05) is 36.5 Å². The monoisotopic (exact) mass is 435 g/mol. The van der Waals surface area contributed by atoms with Gasteiger partial charge in [-0.05, 0) is 60.7 Å². The summed E-state index contributed by atoms with van der Waals surface area (Å²) in [6.07, 6.45) is 2.08. The topological polar surface area (TPSA) is 61.9 Å². The predicted molar refractivity (Wildman–Crippen MR) is 127 cm³/mol. The van der Waals surface area contributed by atoms with Crippen LogP contribution in [0.4, 0.5) is 11.4 Å². The molecule has 0 radical (unpaired) electrons. The highest BCUT2D eigenvalue weighted by atomic mass is 16.5. The number of hydrogen-bond acceptors (Lipinski definition) is 4. The van der Waals surface area contributed by atoms with Gasteiger partial charge in [-0.2, -0.15) is 0 Å². The van der Waals surface area contributed by atoms with Gasteiger partial charge < -0.3 is 19.9 Å². The van der Waals surface area contributed by atoms with Gasteiger partial charge in [-0.25, -0.2) is 0 Å². The lowest BCUT2D eigenvalue weighted by Gasteiger charge is -2.34. The zero-order valence-corrected chi connectivity index (χ0v) is 19.2. The highest BCUT2D eigenvalue weighted by molar-refractivity contribution is 6.00. The number of carbonyl (C=O) groups is 2. The van der Waals surface area contributed by atoms with E-state index in [1.807, 2.05) is 24.3 Å². The van der Waals surface area contributed by atoms with Gasteiger partial charge >= 0.3 is 0 Å². The first-order valence-electron chi connectivity index (χ1n) is 11.5. The van der Waals surface area contributed by atoms with Crippen molar-refractivity contribution in [2.45, 2.75) is 45.1 Å². The van der Waals surface area contributed by atoms with Crippen molar-refractivity contribution in [3.8, 4) is 5.75 Å². The molecule has 1 unspecified atom stereocenters. The number of carbonyl (C=O) groups excluding carboxylic acids is 2. The van der Waals surface area contributed by atoms with Crippen LogP contribution in [0.25, 0.3) is 0 Å². The highest BCUT2D eigenvalue weighted by Gasteiger charge is 2.36. The lowest BCUT2D eigenvalue weighted by Crippen LogP contribution is -2.46. The summed E-state index contributed by atoms with van der Waals surface area (Å²) in [6.45, 7) is 6.53. The van der Waals surface area contributed by atoms with Crippen LogP contribution >= 0.6 is 0 Å². The smallest absolute Gasteiger partial charge is 0.227 e. The molecule has 1 atom stereocenters. The van der Waals surface area contributed by atoms with Crippen LogP contribution in [0.3, 0.4) is 0 Å². The van der Waals surface area contributed by atoms with Crippen molar-refractivity contribution in [1.82, 2.24) is 5.32 Å². The molecular weight excluding hydrogens is 402 g/mol. The van der Waals surface area contributed by atoms with Gasteiger partial charge in [0, 0.05) is 43.5 Å². The number of amides is 2. The van der Waals surface area contributed by atoms with Gasteiger partial charge in [0.05, 0.1) is 13.0 Å². The van der Waals surface area contributed by atoms with Crippen molar-refractivity contribution in [1.29, 1.82) is 0 Å². The number of anilines is 2. The van der Waals surface area contributed by atoms with E-state index in [4.69, 9.17) is 4.74 Å². The fraction of sp³-hybridized carbons (Fsp3) is 0.462. The second-order valence-corrected chi connectivity index (χ2v) is 9.12. The molecule has 6 heteroatoms. The number of methoxy groups -OCH3 is 1. The van der Waals surface area contributed by atoms with Crippen LogP contribution in [0.2, 0.25) is 0 Å². The molecule has 0 saturated carbocycles. The maximum Gasteiger partial charge on any atom is 0.227 e. The van der Waals surface area contributed by atoms with Crippen LogP contribution in [-0.4, -0.2) is 44.6 Å². The molecule has 2 fully saturated rings. The van der Waals surface area contributed by atoms with Crippen molar-refractivity contribution >= 4 is 23.2 Å². The molecule has 2 saturated heterocycles. The molecular formula is C26H33N3O3. The lowest BCUT2D eigenvalue weighted by atomic mass is 10.0. The Labute approximate surface area is 190 Å². The fourth-order valence-corrected chi connectivity index (χ4v) is 4.58. The molecule has 0 aromatic heterocycles. The molecule has 2 amide bonds. The SMILES string of the molecule is COc1ccc(N2CCC(NC(=O)C3CC(=O)N(c4cccc(C(C)C)c4)C3)CC2)cc1. The Morgan fingerprint density at radius 3 is 2.44 bits per heavy atom. The Kier molecular flexibility index (Phi) is 6.68. The molecule has 170 valence electrons. The Morgan fingerprint density at radius 2 is 1.78 bits per heavy atom. The van der Waals surface area contributed by atoms with Gasteiger partial charge in [-0.3, -0.25) is 9.59 Å².